The third-order valence-electron chi connectivity index (χ3n) is 9.41. The van der Waals surface area contributed by atoms with E-state index in [1.165, 1.54) is 16.3 Å². The molecular weight excluding hydrogens is 496 g/mol. The van der Waals surface area contributed by atoms with Crippen LogP contribution in [0.25, 0.3) is 10.8 Å². The van der Waals surface area contributed by atoms with Gasteiger partial charge in [0.1, 0.15) is 11.3 Å². The van der Waals surface area contributed by atoms with Crippen LogP contribution in [-0.2, 0) is 15.0 Å². The minimum Gasteiger partial charge on any atom is -0.444 e. The van der Waals surface area contributed by atoms with Crippen LogP contribution in [0.3, 0.4) is 0 Å². The van der Waals surface area contributed by atoms with Crippen molar-refractivity contribution < 1.29 is 14.4 Å². The van der Waals surface area contributed by atoms with E-state index in [-0.39, 0.29) is 41.6 Å². The van der Waals surface area contributed by atoms with Crippen LogP contribution >= 0.6 is 11.6 Å². The van der Waals surface area contributed by atoms with Gasteiger partial charge in [0.25, 0.3) is 0 Å². The quantitative estimate of drug-likeness (QED) is 0.319. The maximum absolute atomic E-state index is 13.7. The monoisotopic (exact) mass is 532 g/mol. The number of hydrogen-bond acceptors (Lipinski definition) is 4. The maximum atomic E-state index is 13.7. The van der Waals surface area contributed by atoms with Crippen LogP contribution in [0, 0.1) is 11.8 Å². The lowest BCUT2D eigenvalue weighted by molar-refractivity contribution is -0.261. The first-order valence-corrected chi connectivity index (χ1v) is 14.4. The van der Waals surface area contributed by atoms with Crippen LogP contribution in [0.1, 0.15) is 76.3 Å². The summed E-state index contributed by atoms with van der Waals surface area (Å²) in [7, 11) is 0. The first-order valence-electron chi connectivity index (χ1n) is 14.1. The lowest BCUT2D eigenvalue weighted by Gasteiger charge is -2.49. The van der Waals surface area contributed by atoms with Crippen molar-refractivity contribution >= 4 is 28.5 Å². The van der Waals surface area contributed by atoms with Gasteiger partial charge in [-0.3, -0.25) is 4.84 Å². The molecule has 0 spiro atoms. The van der Waals surface area contributed by atoms with Gasteiger partial charge in [-0.05, 0) is 71.4 Å². The zero-order valence-electron chi connectivity index (χ0n) is 22.5. The van der Waals surface area contributed by atoms with Crippen molar-refractivity contribution in [1.82, 2.24) is 10.0 Å². The highest BCUT2D eigenvalue weighted by atomic mass is 35.5. The molecule has 2 saturated heterocycles. The van der Waals surface area contributed by atoms with Crippen LogP contribution in [0.4, 0.5) is 4.79 Å². The Morgan fingerprint density at radius 1 is 1.03 bits per heavy atom. The minimum atomic E-state index is -0.343. The topological polar surface area (TPSA) is 51.7 Å². The van der Waals surface area contributed by atoms with Gasteiger partial charge in [-0.25, -0.2) is 9.78 Å². The second-order valence-corrected chi connectivity index (χ2v) is 12.6. The molecule has 2 bridgehead atoms. The second kappa shape index (κ2) is 10.2. The number of benzene rings is 2. The van der Waals surface area contributed by atoms with E-state index in [1.807, 2.05) is 18.3 Å². The number of fused-ring (bicyclic) bond motifs is 4. The molecular formula is C32H37ClN2O3. The Labute approximate surface area is 230 Å². The molecule has 2 aliphatic carbocycles. The van der Waals surface area contributed by atoms with E-state index in [9.17, 15) is 4.79 Å². The summed E-state index contributed by atoms with van der Waals surface area (Å²) in [6.07, 6.45) is 7.15. The number of pyridine rings is 1. The molecule has 4 aliphatic rings. The summed E-state index contributed by atoms with van der Waals surface area (Å²) in [5.74, 6) is 0.917. The SMILES string of the molecule is C[C@H]1CC[C@H](C(C)(C)c2ccc3ccccc3c2)[C@@H](OC(=O)N2O[C@H]3CC[C@@H]2[C@@H](c2ccc(Cl)nc2)C3)C1. The van der Waals surface area contributed by atoms with Gasteiger partial charge < -0.3 is 4.74 Å². The predicted molar refractivity (Wildman–Crippen MR) is 150 cm³/mol. The number of amides is 1. The third-order valence-corrected chi connectivity index (χ3v) is 9.64. The smallest absolute Gasteiger partial charge is 0.434 e. The van der Waals surface area contributed by atoms with Crippen LogP contribution in [0.5, 0.6) is 0 Å². The molecule has 3 heterocycles. The van der Waals surface area contributed by atoms with Gasteiger partial charge in [-0.2, -0.15) is 5.06 Å². The molecule has 200 valence electrons. The molecule has 0 radical (unpaired) electrons. The zero-order chi connectivity index (χ0) is 26.4. The number of carbonyl (C=O) groups is 1. The molecule has 4 fully saturated rings. The lowest BCUT2D eigenvalue weighted by Crippen LogP contribution is -2.56. The molecule has 0 N–H and O–H groups in total. The zero-order valence-corrected chi connectivity index (χ0v) is 23.2. The van der Waals surface area contributed by atoms with Crippen molar-refractivity contribution in [2.45, 2.75) is 88.9 Å². The summed E-state index contributed by atoms with van der Waals surface area (Å²) < 4.78 is 6.39. The number of hydrogen-bond donors (Lipinski definition) is 0. The van der Waals surface area contributed by atoms with Gasteiger partial charge in [-0.15, -0.1) is 0 Å². The van der Waals surface area contributed by atoms with Crippen molar-refractivity contribution in [3.8, 4) is 0 Å². The van der Waals surface area contributed by atoms with Crippen LogP contribution < -0.4 is 0 Å². The number of carbonyl (C=O) groups excluding carboxylic acids is 1. The molecule has 1 aromatic heterocycles. The fourth-order valence-corrected chi connectivity index (χ4v) is 7.26. The highest BCUT2D eigenvalue weighted by Gasteiger charge is 2.48. The Kier molecular flexibility index (Phi) is 6.86. The molecule has 2 saturated carbocycles. The summed E-state index contributed by atoms with van der Waals surface area (Å²) in [5, 5.41) is 4.52. The lowest BCUT2D eigenvalue weighted by atomic mass is 9.64. The Bertz CT molecular complexity index is 1310. The van der Waals surface area contributed by atoms with Crippen molar-refractivity contribution in [2.24, 2.45) is 11.8 Å². The molecule has 38 heavy (non-hydrogen) atoms. The summed E-state index contributed by atoms with van der Waals surface area (Å²) in [5.41, 5.74) is 2.25. The Balaban J connectivity index is 1.23. The van der Waals surface area contributed by atoms with Gasteiger partial charge in [0.2, 0.25) is 0 Å². The van der Waals surface area contributed by atoms with Crippen molar-refractivity contribution in [3.05, 3.63) is 77.1 Å². The summed E-state index contributed by atoms with van der Waals surface area (Å²) in [6, 6.07) is 19.1. The maximum Gasteiger partial charge on any atom is 0.434 e. The number of aromatic nitrogens is 1. The summed E-state index contributed by atoms with van der Waals surface area (Å²) >= 11 is 6.03. The average molecular weight is 533 g/mol. The predicted octanol–water partition coefficient (Wildman–Crippen LogP) is 8.06. The number of ether oxygens (including phenoxy) is 1. The van der Waals surface area contributed by atoms with E-state index in [0.717, 1.165) is 44.1 Å². The van der Waals surface area contributed by atoms with Crippen molar-refractivity contribution in [1.29, 1.82) is 0 Å². The number of hydroxylamine groups is 2. The molecule has 5 nitrogen and oxygen atoms in total. The number of halogens is 1. The first kappa shape index (κ1) is 25.6. The first-order chi connectivity index (χ1) is 18.3. The average Bonchev–Trinajstić information content (AvgIpc) is 2.93. The number of nitrogens with zero attached hydrogens (tertiary/aromatic N) is 2. The summed E-state index contributed by atoms with van der Waals surface area (Å²) in [4.78, 5) is 24.2. The van der Waals surface area contributed by atoms with E-state index in [1.54, 1.807) is 5.06 Å². The fraction of sp³-hybridized carbons (Fsp3) is 0.500. The highest BCUT2D eigenvalue weighted by molar-refractivity contribution is 6.29. The van der Waals surface area contributed by atoms with E-state index < -0.39 is 0 Å². The Morgan fingerprint density at radius 2 is 1.84 bits per heavy atom. The van der Waals surface area contributed by atoms with E-state index in [0.29, 0.717) is 11.1 Å². The normalized spacial score (nSPS) is 29.4. The molecule has 2 aliphatic heterocycles. The summed E-state index contributed by atoms with van der Waals surface area (Å²) in [6.45, 7) is 6.88. The van der Waals surface area contributed by atoms with Crippen LogP contribution in [-0.4, -0.2) is 34.4 Å². The van der Waals surface area contributed by atoms with E-state index in [4.69, 9.17) is 21.2 Å². The number of rotatable bonds is 4. The molecule has 0 unspecified atom stereocenters. The highest BCUT2D eigenvalue weighted by Crippen LogP contribution is 2.46. The molecule has 6 atom stereocenters. The van der Waals surface area contributed by atoms with Crippen LogP contribution in [0.15, 0.2) is 60.8 Å². The Hall–Kier alpha value is -2.63. The van der Waals surface area contributed by atoms with E-state index >= 15 is 0 Å². The molecule has 7 rings (SSSR count). The minimum absolute atomic E-state index is 0.0170. The van der Waals surface area contributed by atoms with Gasteiger partial charge in [0.05, 0.1) is 12.1 Å². The molecule has 2 aromatic carbocycles. The van der Waals surface area contributed by atoms with Crippen molar-refractivity contribution in [3.63, 3.8) is 0 Å². The molecule has 1 amide bonds. The molecule has 6 heteroatoms. The van der Waals surface area contributed by atoms with Crippen LogP contribution in [0.2, 0.25) is 5.15 Å². The van der Waals surface area contributed by atoms with Gasteiger partial charge >= 0.3 is 6.09 Å². The second-order valence-electron chi connectivity index (χ2n) is 12.2. The fourth-order valence-electron chi connectivity index (χ4n) is 7.14. The largest absolute Gasteiger partial charge is 0.444 e. The third kappa shape index (κ3) is 4.80. The van der Waals surface area contributed by atoms with E-state index in [2.05, 4.69) is 68.2 Å². The van der Waals surface area contributed by atoms with Gasteiger partial charge in [-0.1, -0.05) is 87.3 Å². The Morgan fingerprint density at radius 3 is 2.61 bits per heavy atom. The van der Waals surface area contributed by atoms with Crippen molar-refractivity contribution in [2.75, 3.05) is 0 Å². The van der Waals surface area contributed by atoms with Gasteiger partial charge in [0, 0.05) is 18.0 Å². The standard InChI is InChI=1S/C32H37ClN2O3/c1-20-8-13-27(32(2,3)24-11-9-21-6-4-5-7-22(21)17-24)29(16-20)37-31(36)35-28-14-12-25(38-35)18-26(28)23-10-15-30(33)34-19-23/h4-7,9-11,15,17,19-20,25-29H,8,12-14,16,18H2,1-3H3/t20-,25-,26+,27-,28+,29-/m0/s1. The van der Waals surface area contributed by atoms with Gasteiger partial charge in [0.15, 0.2) is 0 Å². The molecule has 3 aromatic rings.